The first-order valence-corrected chi connectivity index (χ1v) is 7.58. The van der Waals surface area contributed by atoms with Gasteiger partial charge in [0.15, 0.2) is 0 Å². The molecule has 0 saturated carbocycles. The molecule has 0 spiro atoms. The third kappa shape index (κ3) is 2.03. The highest BCUT2D eigenvalue weighted by molar-refractivity contribution is 7.98. The molecule has 0 saturated heterocycles. The van der Waals surface area contributed by atoms with Gasteiger partial charge in [-0.15, -0.1) is 11.8 Å². The predicted molar refractivity (Wildman–Crippen MR) is 83.9 cm³/mol. The van der Waals surface area contributed by atoms with E-state index >= 15 is 0 Å². The normalized spacial score (nSPS) is 11.2. The first-order chi connectivity index (χ1) is 10.0. The minimum absolute atomic E-state index is 0.313. The first kappa shape index (κ1) is 13.8. The molecule has 0 aliphatic rings. The maximum absolute atomic E-state index is 12.5. The lowest BCUT2D eigenvalue weighted by Crippen LogP contribution is -2.37. The largest absolute Gasteiger partial charge is 0.464 e. The average molecular weight is 302 g/mol. The Balaban J connectivity index is 2.59. The Morgan fingerprint density at radius 1 is 1.14 bits per heavy atom. The molecule has 3 rings (SSSR count). The van der Waals surface area contributed by atoms with Crippen molar-refractivity contribution >= 4 is 22.7 Å². The van der Waals surface area contributed by atoms with Crippen molar-refractivity contribution in [1.29, 1.82) is 0 Å². The molecule has 0 bridgehead atoms. The van der Waals surface area contributed by atoms with Crippen LogP contribution in [0.2, 0.25) is 0 Å². The molecule has 0 unspecified atom stereocenters. The molecule has 0 amide bonds. The number of hydrogen-bond acceptors (Lipinski definition) is 4. The summed E-state index contributed by atoms with van der Waals surface area (Å²) in [7, 11) is 3.15. The molecule has 2 heterocycles. The second-order valence-electron chi connectivity index (χ2n) is 4.75. The van der Waals surface area contributed by atoms with Crippen molar-refractivity contribution in [2.45, 2.75) is 4.90 Å². The standard InChI is InChI=1S/C15H14N2O3S/c1-16-11-8-9(21-3)7-10(12-5-4-6-20-12)13(11)14(18)17(2)15(16)19/h4-8H,1-3H3. The topological polar surface area (TPSA) is 57.1 Å². The predicted octanol–water partition coefficient (Wildman–Crippen LogP) is 2.22. The molecule has 0 N–H and O–H groups in total. The van der Waals surface area contributed by atoms with Gasteiger partial charge in [-0.25, -0.2) is 4.79 Å². The van der Waals surface area contributed by atoms with Crippen molar-refractivity contribution in [3.8, 4) is 11.3 Å². The van der Waals surface area contributed by atoms with E-state index in [0.717, 1.165) is 9.46 Å². The molecule has 6 heteroatoms. The summed E-state index contributed by atoms with van der Waals surface area (Å²) in [6, 6.07) is 7.36. The molecule has 0 fully saturated rings. The van der Waals surface area contributed by atoms with Crippen molar-refractivity contribution in [2.75, 3.05) is 6.26 Å². The fraction of sp³-hybridized carbons (Fsp3) is 0.200. The second-order valence-corrected chi connectivity index (χ2v) is 5.63. The summed E-state index contributed by atoms with van der Waals surface area (Å²) in [5, 5.41) is 0.493. The van der Waals surface area contributed by atoms with E-state index in [4.69, 9.17) is 4.42 Å². The number of rotatable bonds is 2. The fourth-order valence-corrected chi connectivity index (χ4v) is 2.88. The van der Waals surface area contributed by atoms with Crippen LogP contribution in [0, 0.1) is 0 Å². The van der Waals surface area contributed by atoms with Gasteiger partial charge < -0.3 is 4.42 Å². The van der Waals surface area contributed by atoms with Gasteiger partial charge in [-0.3, -0.25) is 13.9 Å². The number of thioether (sulfide) groups is 1. The van der Waals surface area contributed by atoms with Gasteiger partial charge >= 0.3 is 5.69 Å². The smallest absolute Gasteiger partial charge is 0.330 e. The monoisotopic (exact) mass is 302 g/mol. The van der Waals surface area contributed by atoms with Crippen molar-refractivity contribution in [1.82, 2.24) is 9.13 Å². The Kier molecular flexibility index (Phi) is 3.25. The highest BCUT2D eigenvalue weighted by Crippen LogP contribution is 2.31. The van der Waals surface area contributed by atoms with Gasteiger partial charge in [-0.2, -0.15) is 0 Å². The Morgan fingerprint density at radius 2 is 1.90 bits per heavy atom. The molecule has 0 aliphatic carbocycles. The molecule has 1 aromatic carbocycles. The van der Waals surface area contributed by atoms with Crippen LogP contribution in [0.3, 0.4) is 0 Å². The van der Waals surface area contributed by atoms with Crippen LogP contribution >= 0.6 is 11.8 Å². The molecule has 0 aliphatic heterocycles. The number of hydrogen-bond donors (Lipinski definition) is 0. The lowest BCUT2D eigenvalue weighted by molar-refractivity contribution is 0.582. The summed E-state index contributed by atoms with van der Waals surface area (Å²) in [5.41, 5.74) is 0.669. The van der Waals surface area contributed by atoms with Gasteiger partial charge in [0.25, 0.3) is 5.56 Å². The lowest BCUT2D eigenvalue weighted by Gasteiger charge is -2.11. The molecule has 108 valence electrons. The SMILES string of the molecule is CSc1cc(-c2ccco2)c2c(=O)n(C)c(=O)n(C)c2c1. The molecular weight excluding hydrogens is 288 g/mol. The van der Waals surface area contributed by atoms with E-state index in [1.165, 1.54) is 11.6 Å². The van der Waals surface area contributed by atoms with Gasteiger partial charge in [0, 0.05) is 24.6 Å². The summed E-state index contributed by atoms with van der Waals surface area (Å²) in [5.74, 6) is 0.617. The molecule has 5 nitrogen and oxygen atoms in total. The van der Waals surface area contributed by atoms with Crippen LogP contribution < -0.4 is 11.2 Å². The highest BCUT2D eigenvalue weighted by atomic mass is 32.2. The van der Waals surface area contributed by atoms with Crippen LogP contribution in [-0.2, 0) is 14.1 Å². The van der Waals surface area contributed by atoms with E-state index in [0.29, 0.717) is 22.2 Å². The summed E-state index contributed by atoms with van der Waals surface area (Å²) >= 11 is 1.55. The quantitative estimate of drug-likeness (QED) is 0.681. The first-order valence-electron chi connectivity index (χ1n) is 6.36. The summed E-state index contributed by atoms with van der Waals surface area (Å²) < 4.78 is 8.05. The Labute approximate surface area is 124 Å². The van der Waals surface area contributed by atoms with E-state index in [9.17, 15) is 9.59 Å². The van der Waals surface area contributed by atoms with E-state index in [2.05, 4.69) is 0 Å². The Hall–Kier alpha value is -2.21. The van der Waals surface area contributed by atoms with Crippen molar-refractivity contribution < 1.29 is 4.42 Å². The van der Waals surface area contributed by atoms with Gasteiger partial charge in [-0.05, 0) is 30.5 Å². The molecular formula is C15H14N2O3S. The van der Waals surface area contributed by atoms with Crippen LogP contribution in [0.4, 0.5) is 0 Å². The van der Waals surface area contributed by atoms with E-state index in [1.54, 1.807) is 31.1 Å². The highest BCUT2D eigenvalue weighted by Gasteiger charge is 2.16. The minimum Gasteiger partial charge on any atom is -0.464 e. The Morgan fingerprint density at radius 3 is 2.52 bits per heavy atom. The lowest BCUT2D eigenvalue weighted by atomic mass is 10.1. The number of furan rings is 1. The van der Waals surface area contributed by atoms with E-state index in [-0.39, 0.29) is 11.2 Å². The molecule has 21 heavy (non-hydrogen) atoms. The third-order valence-electron chi connectivity index (χ3n) is 3.57. The third-order valence-corrected chi connectivity index (χ3v) is 4.27. The van der Waals surface area contributed by atoms with Gasteiger partial charge in [0.1, 0.15) is 5.76 Å². The zero-order valence-electron chi connectivity index (χ0n) is 11.9. The number of aryl methyl sites for hydroxylation is 1. The zero-order valence-corrected chi connectivity index (χ0v) is 12.7. The second kappa shape index (κ2) is 4.96. The number of fused-ring (bicyclic) bond motifs is 1. The Bertz CT molecular complexity index is 936. The van der Waals surface area contributed by atoms with E-state index < -0.39 is 0 Å². The van der Waals surface area contributed by atoms with Crippen LogP contribution in [0.15, 0.2) is 49.4 Å². The van der Waals surface area contributed by atoms with Crippen LogP contribution in [-0.4, -0.2) is 15.4 Å². The average Bonchev–Trinajstić information content (AvgIpc) is 3.03. The fourth-order valence-electron chi connectivity index (χ4n) is 2.42. The minimum atomic E-state index is -0.337. The van der Waals surface area contributed by atoms with Crippen molar-refractivity contribution in [3.63, 3.8) is 0 Å². The maximum Gasteiger partial charge on any atom is 0.330 e. The van der Waals surface area contributed by atoms with Gasteiger partial charge in [0.05, 0.1) is 17.2 Å². The number of benzene rings is 1. The van der Waals surface area contributed by atoms with E-state index in [1.807, 2.05) is 24.5 Å². The number of aromatic nitrogens is 2. The van der Waals surface area contributed by atoms with Crippen molar-refractivity contribution in [3.05, 3.63) is 51.4 Å². The summed E-state index contributed by atoms with van der Waals surface area (Å²) in [6.45, 7) is 0. The van der Waals surface area contributed by atoms with Gasteiger partial charge in [-0.1, -0.05) is 0 Å². The van der Waals surface area contributed by atoms with Crippen LogP contribution in [0.1, 0.15) is 0 Å². The van der Waals surface area contributed by atoms with Crippen molar-refractivity contribution in [2.24, 2.45) is 14.1 Å². The maximum atomic E-state index is 12.5. The molecule has 2 aromatic heterocycles. The van der Waals surface area contributed by atoms with Crippen LogP contribution in [0.5, 0.6) is 0 Å². The summed E-state index contributed by atoms with van der Waals surface area (Å²) in [4.78, 5) is 25.6. The zero-order chi connectivity index (χ0) is 15.1. The van der Waals surface area contributed by atoms with Crippen LogP contribution in [0.25, 0.3) is 22.2 Å². The molecule has 0 radical (unpaired) electrons. The van der Waals surface area contributed by atoms with Gasteiger partial charge in [0.2, 0.25) is 0 Å². The molecule has 0 atom stereocenters. The molecule has 3 aromatic rings. The number of nitrogens with zero attached hydrogens (tertiary/aromatic N) is 2. The summed E-state index contributed by atoms with van der Waals surface area (Å²) in [6.07, 6.45) is 3.52.